The average molecular weight is 154 g/mol. The molecule has 0 aromatic rings. The maximum absolute atomic E-state index is 11.0. The van der Waals surface area contributed by atoms with Crippen LogP contribution in [0.4, 0.5) is 0 Å². The molecule has 0 saturated heterocycles. The third kappa shape index (κ3) is 1.90. The monoisotopic (exact) mass is 154 g/mol. The second-order valence-corrected chi connectivity index (χ2v) is 3.30. The normalized spacial score (nSPS) is 32.0. The molecule has 2 nitrogen and oxygen atoms in total. The molecule has 1 N–H and O–H groups in total. The van der Waals surface area contributed by atoms with Gasteiger partial charge in [-0.05, 0) is 13.3 Å². The lowest BCUT2D eigenvalue weighted by molar-refractivity contribution is -0.123. The predicted octanol–water partition coefficient (Wildman–Crippen LogP) is 1.29. The summed E-state index contributed by atoms with van der Waals surface area (Å²) in [5.41, 5.74) is 0.922. The molecule has 2 heteroatoms. The Balaban J connectivity index is 2.61. The van der Waals surface area contributed by atoms with Crippen LogP contribution in [0.1, 0.15) is 26.2 Å². The highest BCUT2D eigenvalue weighted by atomic mass is 16.3. The number of aliphatic hydroxyl groups excluding tert-OH is 1. The van der Waals surface area contributed by atoms with E-state index in [9.17, 15) is 9.90 Å². The van der Waals surface area contributed by atoms with E-state index >= 15 is 0 Å². The third-order valence-corrected chi connectivity index (χ3v) is 2.26. The van der Waals surface area contributed by atoms with Crippen molar-refractivity contribution in [2.45, 2.75) is 32.3 Å². The van der Waals surface area contributed by atoms with Gasteiger partial charge in [-0.1, -0.05) is 12.2 Å². The Morgan fingerprint density at radius 1 is 1.73 bits per heavy atom. The summed E-state index contributed by atoms with van der Waals surface area (Å²) in [6.07, 6.45) is 1.28. The lowest BCUT2D eigenvalue weighted by Gasteiger charge is -2.26. The number of ketones is 1. The SMILES string of the molecule is C=C(C)C1CC(=O)CC[C@H]1O. The third-order valence-electron chi connectivity index (χ3n) is 2.26. The summed E-state index contributed by atoms with van der Waals surface area (Å²) in [4.78, 5) is 11.0. The Morgan fingerprint density at radius 3 is 2.82 bits per heavy atom. The van der Waals surface area contributed by atoms with E-state index in [2.05, 4.69) is 6.58 Å². The lowest BCUT2D eigenvalue weighted by Crippen LogP contribution is -2.29. The maximum Gasteiger partial charge on any atom is 0.133 e. The highest BCUT2D eigenvalue weighted by Crippen LogP contribution is 2.26. The van der Waals surface area contributed by atoms with Crippen molar-refractivity contribution < 1.29 is 9.90 Å². The molecule has 11 heavy (non-hydrogen) atoms. The molecule has 0 bridgehead atoms. The second kappa shape index (κ2) is 3.18. The smallest absolute Gasteiger partial charge is 0.133 e. The first-order valence-electron chi connectivity index (χ1n) is 3.96. The van der Waals surface area contributed by atoms with Crippen molar-refractivity contribution in [3.8, 4) is 0 Å². The molecule has 1 unspecified atom stereocenters. The van der Waals surface area contributed by atoms with E-state index in [0.29, 0.717) is 19.3 Å². The highest BCUT2D eigenvalue weighted by molar-refractivity contribution is 5.79. The van der Waals surface area contributed by atoms with Gasteiger partial charge in [-0.15, -0.1) is 0 Å². The van der Waals surface area contributed by atoms with Gasteiger partial charge in [-0.25, -0.2) is 0 Å². The Bertz CT molecular complexity index is 184. The van der Waals surface area contributed by atoms with Crippen LogP contribution in [-0.4, -0.2) is 17.0 Å². The molecule has 1 saturated carbocycles. The summed E-state index contributed by atoms with van der Waals surface area (Å²) in [6, 6.07) is 0. The van der Waals surface area contributed by atoms with E-state index in [1.54, 1.807) is 0 Å². The van der Waals surface area contributed by atoms with Crippen LogP contribution in [-0.2, 0) is 4.79 Å². The molecule has 0 aliphatic heterocycles. The van der Waals surface area contributed by atoms with Crippen LogP contribution in [0.3, 0.4) is 0 Å². The van der Waals surface area contributed by atoms with Crippen molar-refractivity contribution in [2.75, 3.05) is 0 Å². The fraction of sp³-hybridized carbons (Fsp3) is 0.667. The van der Waals surface area contributed by atoms with E-state index in [4.69, 9.17) is 0 Å². The number of hydrogen-bond donors (Lipinski definition) is 1. The van der Waals surface area contributed by atoms with Gasteiger partial charge in [0.05, 0.1) is 6.10 Å². The summed E-state index contributed by atoms with van der Waals surface area (Å²) in [5.74, 6) is 0.263. The Hall–Kier alpha value is -0.630. The van der Waals surface area contributed by atoms with Crippen LogP contribution in [0.15, 0.2) is 12.2 Å². The summed E-state index contributed by atoms with van der Waals surface area (Å²) in [5, 5.41) is 9.44. The van der Waals surface area contributed by atoms with Gasteiger partial charge in [-0.3, -0.25) is 4.79 Å². The number of aliphatic hydroxyl groups is 1. The number of carbonyl (C=O) groups is 1. The molecule has 0 radical (unpaired) electrons. The fourth-order valence-electron chi connectivity index (χ4n) is 1.50. The second-order valence-electron chi connectivity index (χ2n) is 3.30. The molecule has 0 aromatic carbocycles. The molecule has 0 heterocycles. The van der Waals surface area contributed by atoms with Gasteiger partial charge in [-0.2, -0.15) is 0 Å². The van der Waals surface area contributed by atoms with Crippen molar-refractivity contribution in [2.24, 2.45) is 5.92 Å². The van der Waals surface area contributed by atoms with Gasteiger partial charge in [0.1, 0.15) is 5.78 Å². The summed E-state index contributed by atoms with van der Waals surface area (Å²) < 4.78 is 0. The van der Waals surface area contributed by atoms with E-state index < -0.39 is 0 Å². The number of Topliss-reactive ketones (excluding diaryl/α,β-unsaturated/α-hetero) is 1. The zero-order valence-electron chi connectivity index (χ0n) is 6.84. The Kier molecular flexibility index (Phi) is 2.45. The first-order chi connectivity index (χ1) is 5.11. The van der Waals surface area contributed by atoms with Gasteiger partial charge in [0.2, 0.25) is 0 Å². The van der Waals surface area contributed by atoms with Crippen molar-refractivity contribution in [3.63, 3.8) is 0 Å². The van der Waals surface area contributed by atoms with Crippen LogP contribution in [0.25, 0.3) is 0 Å². The zero-order valence-corrected chi connectivity index (χ0v) is 6.84. The van der Waals surface area contributed by atoms with Gasteiger partial charge in [0.15, 0.2) is 0 Å². The van der Waals surface area contributed by atoms with Crippen molar-refractivity contribution in [3.05, 3.63) is 12.2 Å². The van der Waals surface area contributed by atoms with Gasteiger partial charge in [0, 0.05) is 18.8 Å². The van der Waals surface area contributed by atoms with Gasteiger partial charge >= 0.3 is 0 Å². The Morgan fingerprint density at radius 2 is 2.36 bits per heavy atom. The minimum absolute atomic E-state index is 0.0104. The average Bonchev–Trinajstić information content (AvgIpc) is 1.94. The van der Waals surface area contributed by atoms with E-state index in [1.807, 2.05) is 6.92 Å². The number of carbonyl (C=O) groups excluding carboxylic acids is 1. The first kappa shape index (κ1) is 8.47. The number of hydrogen-bond acceptors (Lipinski definition) is 2. The van der Waals surface area contributed by atoms with Crippen LogP contribution in [0.5, 0.6) is 0 Å². The predicted molar refractivity (Wildman–Crippen MR) is 43.2 cm³/mol. The van der Waals surface area contributed by atoms with Crippen molar-refractivity contribution in [1.29, 1.82) is 0 Å². The zero-order chi connectivity index (χ0) is 8.43. The topological polar surface area (TPSA) is 37.3 Å². The number of rotatable bonds is 1. The molecule has 0 spiro atoms. The fourth-order valence-corrected chi connectivity index (χ4v) is 1.50. The lowest BCUT2D eigenvalue weighted by atomic mass is 9.82. The summed E-state index contributed by atoms with van der Waals surface area (Å²) >= 11 is 0. The van der Waals surface area contributed by atoms with Gasteiger partial charge < -0.3 is 5.11 Å². The van der Waals surface area contributed by atoms with Crippen LogP contribution < -0.4 is 0 Å². The van der Waals surface area contributed by atoms with E-state index in [1.165, 1.54) is 0 Å². The largest absolute Gasteiger partial charge is 0.392 e. The van der Waals surface area contributed by atoms with Crippen LogP contribution in [0, 0.1) is 5.92 Å². The maximum atomic E-state index is 11.0. The molecule has 2 atom stereocenters. The summed E-state index contributed by atoms with van der Waals surface area (Å²) in [6.45, 7) is 5.62. The molecule has 1 aliphatic rings. The molecule has 1 fully saturated rings. The molecule has 1 aliphatic carbocycles. The Labute approximate surface area is 66.9 Å². The minimum Gasteiger partial charge on any atom is -0.392 e. The van der Waals surface area contributed by atoms with Crippen molar-refractivity contribution in [1.82, 2.24) is 0 Å². The highest BCUT2D eigenvalue weighted by Gasteiger charge is 2.27. The minimum atomic E-state index is -0.342. The van der Waals surface area contributed by atoms with Crippen molar-refractivity contribution >= 4 is 5.78 Å². The molecule has 0 aromatic heterocycles. The van der Waals surface area contributed by atoms with E-state index in [0.717, 1.165) is 5.57 Å². The molecule has 0 amide bonds. The quantitative estimate of drug-likeness (QED) is 0.578. The van der Waals surface area contributed by atoms with Gasteiger partial charge in [0.25, 0.3) is 0 Å². The molecule has 1 rings (SSSR count). The standard InChI is InChI=1S/C9H14O2/c1-6(2)8-5-7(10)3-4-9(8)11/h8-9,11H,1,3-5H2,2H3/t8?,9-/m1/s1. The molecular weight excluding hydrogens is 140 g/mol. The molecular formula is C9H14O2. The molecule has 62 valence electrons. The van der Waals surface area contributed by atoms with Crippen LogP contribution >= 0.6 is 0 Å². The van der Waals surface area contributed by atoms with E-state index in [-0.39, 0.29) is 17.8 Å². The summed E-state index contributed by atoms with van der Waals surface area (Å²) in [7, 11) is 0. The first-order valence-corrected chi connectivity index (χ1v) is 3.96. The van der Waals surface area contributed by atoms with Crippen LogP contribution in [0.2, 0.25) is 0 Å².